The first-order valence-electron chi connectivity index (χ1n) is 10.5. The summed E-state index contributed by atoms with van der Waals surface area (Å²) >= 11 is 0. The van der Waals surface area contributed by atoms with Crippen LogP contribution in [-0.2, 0) is 19.6 Å². The van der Waals surface area contributed by atoms with Crippen LogP contribution >= 0.6 is 24.0 Å². The zero-order valence-electron chi connectivity index (χ0n) is 17.7. The predicted octanol–water partition coefficient (Wildman–Crippen LogP) is 3.49. The number of nitrogens with zero attached hydrogens (tertiary/aromatic N) is 4. The molecule has 2 heterocycles. The Balaban J connectivity index is 0.00000300. The van der Waals surface area contributed by atoms with Crippen molar-refractivity contribution in [2.24, 2.45) is 10.9 Å². The maximum Gasteiger partial charge on any atom is 0.191 e. The smallest absolute Gasteiger partial charge is 0.191 e. The number of nitrogens with one attached hydrogen (secondary N) is 2. The van der Waals surface area contributed by atoms with E-state index in [1.54, 1.807) is 0 Å². The molecule has 0 spiro atoms. The van der Waals surface area contributed by atoms with Crippen molar-refractivity contribution in [3.05, 3.63) is 53.9 Å². The van der Waals surface area contributed by atoms with E-state index in [1.165, 1.54) is 37.1 Å². The average molecular weight is 510 g/mol. The fraction of sp³-hybridized carbons (Fsp3) is 0.545. The maximum atomic E-state index is 4.35. The van der Waals surface area contributed by atoms with Crippen molar-refractivity contribution in [3.63, 3.8) is 0 Å². The van der Waals surface area contributed by atoms with Gasteiger partial charge in [-0.1, -0.05) is 31.2 Å². The monoisotopic (exact) mass is 510 g/mol. The second-order valence-electron chi connectivity index (χ2n) is 7.73. The van der Waals surface area contributed by atoms with Gasteiger partial charge >= 0.3 is 0 Å². The summed E-state index contributed by atoms with van der Waals surface area (Å²) in [6.07, 6.45) is 7.49. The van der Waals surface area contributed by atoms with Crippen LogP contribution < -0.4 is 10.6 Å². The predicted molar refractivity (Wildman–Crippen MR) is 131 cm³/mol. The zero-order valence-corrected chi connectivity index (χ0v) is 20.0. The zero-order chi connectivity index (χ0) is 19.6. The van der Waals surface area contributed by atoms with Gasteiger partial charge in [0.05, 0.1) is 0 Å². The molecule has 2 aromatic rings. The van der Waals surface area contributed by atoms with Crippen molar-refractivity contribution in [1.82, 2.24) is 25.3 Å². The van der Waals surface area contributed by atoms with Crippen LogP contribution in [0.3, 0.4) is 0 Å². The highest BCUT2D eigenvalue weighted by molar-refractivity contribution is 14.0. The van der Waals surface area contributed by atoms with Gasteiger partial charge < -0.3 is 10.6 Å². The summed E-state index contributed by atoms with van der Waals surface area (Å²) in [4.78, 5) is 6.95. The fourth-order valence-corrected chi connectivity index (χ4v) is 3.84. The summed E-state index contributed by atoms with van der Waals surface area (Å²) in [5, 5.41) is 11.1. The van der Waals surface area contributed by atoms with Crippen molar-refractivity contribution in [2.45, 2.75) is 45.8 Å². The Bertz CT molecular complexity index is 731. The molecule has 1 fully saturated rings. The lowest BCUT2D eigenvalue weighted by Gasteiger charge is -2.31. The van der Waals surface area contributed by atoms with Crippen LogP contribution in [0.2, 0.25) is 0 Å². The first-order chi connectivity index (χ1) is 13.7. The Hall–Kier alpha value is -1.61. The number of guanidine groups is 1. The number of aryl methyl sites for hydroxylation is 1. The van der Waals surface area contributed by atoms with Crippen molar-refractivity contribution in [2.75, 3.05) is 26.7 Å². The van der Waals surface area contributed by atoms with Crippen LogP contribution in [0.4, 0.5) is 0 Å². The van der Waals surface area contributed by atoms with E-state index in [1.807, 2.05) is 30.2 Å². The SMILES string of the molecule is CN=C(NCCCn1cccn1)NCc1ccccc1CN1CCCC(C)C1.I. The number of hydrogen-bond acceptors (Lipinski definition) is 3. The van der Waals surface area contributed by atoms with Crippen LogP contribution in [0.25, 0.3) is 0 Å². The van der Waals surface area contributed by atoms with Gasteiger partial charge in [-0.15, -0.1) is 24.0 Å². The standard InChI is InChI=1S/C22H34N6.HI/c1-19-8-5-13-27(17-19)18-21-10-4-3-9-20(21)16-25-22(23-2)24-11-6-14-28-15-7-12-26-28;/h3-4,7,9-10,12,15,19H,5-6,8,11,13-14,16-18H2,1-2H3,(H2,23,24,25);1H. The van der Waals surface area contributed by atoms with Gasteiger partial charge in [0.1, 0.15) is 0 Å². The van der Waals surface area contributed by atoms with Gasteiger partial charge in [-0.3, -0.25) is 14.6 Å². The number of halogens is 1. The summed E-state index contributed by atoms with van der Waals surface area (Å²) in [5.74, 6) is 1.66. The van der Waals surface area contributed by atoms with Crippen LogP contribution in [0.1, 0.15) is 37.3 Å². The minimum absolute atomic E-state index is 0. The molecule has 1 saturated heterocycles. The fourth-order valence-electron chi connectivity index (χ4n) is 3.84. The normalized spacial score (nSPS) is 17.6. The summed E-state index contributed by atoms with van der Waals surface area (Å²) < 4.78 is 1.95. The molecule has 0 amide bonds. The number of piperidine rings is 1. The lowest BCUT2D eigenvalue weighted by molar-refractivity contribution is 0.176. The minimum Gasteiger partial charge on any atom is -0.356 e. The molecule has 0 bridgehead atoms. The Morgan fingerprint density at radius 2 is 2.03 bits per heavy atom. The maximum absolute atomic E-state index is 4.35. The molecular formula is C22H35IN6. The van der Waals surface area contributed by atoms with Gasteiger partial charge in [-0.2, -0.15) is 5.10 Å². The van der Waals surface area contributed by atoms with Gasteiger partial charge in [0.15, 0.2) is 5.96 Å². The number of aliphatic imine (C=N–C) groups is 1. The van der Waals surface area contributed by atoms with E-state index in [4.69, 9.17) is 0 Å². The van der Waals surface area contributed by atoms with E-state index >= 15 is 0 Å². The molecule has 1 aromatic carbocycles. The minimum atomic E-state index is 0. The Labute approximate surface area is 192 Å². The molecule has 29 heavy (non-hydrogen) atoms. The second-order valence-corrected chi connectivity index (χ2v) is 7.73. The van der Waals surface area contributed by atoms with Gasteiger partial charge in [0.25, 0.3) is 0 Å². The first kappa shape index (κ1) is 23.7. The van der Waals surface area contributed by atoms with E-state index in [2.05, 4.69) is 56.8 Å². The summed E-state index contributed by atoms with van der Waals surface area (Å²) in [5.41, 5.74) is 2.76. The highest BCUT2D eigenvalue weighted by Gasteiger charge is 2.17. The third-order valence-electron chi connectivity index (χ3n) is 5.34. The van der Waals surface area contributed by atoms with Crippen molar-refractivity contribution < 1.29 is 0 Å². The molecule has 160 valence electrons. The third-order valence-corrected chi connectivity index (χ3v) is 5.34. The average Bonchev–Trinajstić information content (AvgIpc) is 3.22. The number of rotatable bonds is 8. The summed E-state index contributed by atoms with van der Waals surface area (Å²) in [6, 6.07) is 10.7. The van der Waals surface area contributed by atoms with Gasteiger partial charge in [0.2, 0.25) is 0 Å². The largest absolute Gasteiger partial charge is 0.356 e. The first-order valence-corrected chi connectivity index (χ1v) is 10.5. The molecule has 1 aliphatic heterocycles. The van der Waals surface area contributed by atoms with Crippen molar-refractivity contribution in [3.8, 4) is 0 Å². The topological polar surface area (TPSA) is 57.5 Å². The van der Waals surface area contributed by atoms with Crippen LogP contribution in [-0.4, -0.2) is 47.3 Å². The summed E-state index contributed by atoms with van der Waals surface area (Å²) in [6.45, 7) is 8.39. The number of hydrogen-bond donors (Lipinski definition) is 2. The van der Waals surface area contributed by atoms with Crippen LogP contribution in [0.5, 0.6) is 0 Å². The van der Waals surface area contributed by atoms with E-state index in [-0.39, 0.29) is 24.0 Å². The van der Waals surface area contributed by atoms with Gasteiger partial charge in [0, 0.05) is 52.2 Å². The molecule has 1 unspecified atom stereocenters. The van der Waals surface area contributed by atoms with Crippen LogP contribution in [0, 0.1) is 5.92 Å². The highest BCUT2D eigenvalue weighted by atomic mass is 127. The Morgan fingerprint density at radius 3 is 2.76 bits per heavy atom. The molecule has 1 aromatic heterocycles. The lowest BCUT2D eigenvalue weighted by atomic mass is 9.99. The molecule has 3 rings (SSSR count). The lowest BCUT2D eigenvalue weighted by Crippen LogP contribution is -2.38. The van der Waals surface area contributed by atoms with Crippen molar-refractivity contribution >= 4 is 29.9 Å². The second kappa shape index (κ2) is 12.8. The van der Waals surface area contributed by atoms with E-state index < -0.39 is 0 Å². The van der Waals surface area contributed by atoms with Gasteiger partial charge in [-0.25, -0.2) is 0 Å². The third kappa shape index (κ3) is 7.97. The van der Waals surface area contributed by atoms with Crippen molar-refractivity contribution in [1.29, 1.82) is 0 Å². The van der Waals surface area contributed by atoms with Crippen LogP contribution in [0.15, 0.2) is 47.7 Å². The van der Waals surface area contributed by atoms with E-state index in [9.17, 15) is 0 Å². The number of likely N-dealkylation sites (tertiary alicyclic amines) is 1. The Kier molecular flexibility index (Phi) is 10.5. The molecule has 0 saturated carbocycles. The summed E-state index contributed by atoms with van der Waals surface area (Å²) in [7, 11) is 1.82. The molecule has 1 atom stereocenters. The quantitative estimate of drug-likeness (QED) is 0.247. The Morgan fingerprint density at radius 1 is 1.21 bits per heavy atom. The molecule has 2 N–H and O–H groups in total. The number of benzene rings is 1. The highest BCUT2D eigenvalue weighted by Crippen LogP contribution is 2.19. The van der Waals surface area contributed by atoms with Gasteiger partial charge in [-0.05, 0) is 48.9 Å². The van der Waals surface area contributed by atoms with E-state index in [0.717, 1.165) is 44.5 Å². The molecule has 6 nitrogen and oxygen atoms in total. The molecule has 1 aliphatic rings. The number of aromatic nitrogens is 2. The molecule has 7 heteroatoms. The molecule has 0 radical (unpaired) electrons. The molecule has 0 aliphatic carbocycles. The van der Waals surface area contributed by atoms with E-state index in [0.29, 0.717) is 0 Å². The molecular weight excluding hydrogens is 475 g/mol.